The van der Waals surface area contributed by atoms with Crippen molar-refractivity contribution in [1.29, 1.82) is 0 Å². The van der Waals surface area contributed by atoms with E-state index in [2.05, 4.69) is 20.8 Å². The van der Waals surface area contributed by atoms with Crippen molar-refractivity contribution in [2.45, 2.75) is 51.7 Å². The van der Waals surface area contributed by atoms with Crippen LogP contribution in [0.4, 0.5) is 16.2 Å². The first kappa shape index (κ1) is 25.9. The van der Waals surface area contributed by atoms with Crippen molar-refractivity contribution in [3.05, 3.63) is 53.0 Å². The first-order valence-electron chi connectivity index (χ1n) is 11.1. The fraction of sp³-hybridized carbons (Fsp3) is 0.375. The molecule has 3 aromatic rings. The van der Waals surface area contributed by atoms with E-state index in [-0.39, 0.29) is 18.2 Å². The number of hydrogen-bond donors (Lipinski definition) is 4. The van der Waals surface area contributed by atoms with Gasteiger partial charge in [-0.2, -0.15) is 0 Å². The first-order valence-corrected chi connectivity index (χ1v) is 11.1. The molecule has 4 N–H and O–H groups in total. The third kappa shape index (κ3) is 6.46. The second-order valence-electron chi connectivity index (χ2n) is 8.59. The molecule has 0 saturated heterocycles. The summed E-state index contributed by atoms with van der Waals surface area (Å²) in [6.45, 7) is 5.82. The van der Waals surface area contributed by atoms with Gasteiger partial charge in [0, 0.05) is 24.6 Å². The smallest absolute Gasteiger partial charge is 0.305 e. The van der Waals surface area contributed by atoms with Gasteiger partial charge in [-0.25, -0.2) is 14.1 Å². The number of aryl methyl sites for hydroxylation is 1. The van der Waals surface area contributed by atoms with Crippen LogP contribution in [0.5, 0.6) is 0 Å². The lowest BCUT2D eigenvalue weighted by atomic mass is 9.90. The number of pyridine rings is 1. The van der Waals surface area contributed by atoms with Gasteiger partial charge in [0.2, 0.25) is 5.95 Å². The number of aliphatic hydroxyl groups is 2. The third-order valence-corrected chi connectivity index (χ3v) is 5.45. The van der Waals surface area contributed by atoms with Crippen LogP contribution in [-0.2, 0) is 11.8 Å². The van der Waals surface area contributed by atoms with Crippen molar-refractivity contribution in [3.8, 4) is 11.1 Å². The minimum atomic E-state index is -1.18. The largest absolute Gasteiger partial charge is 0.481 e. The molecule has 0 aliphatic rings. The maximum absolute atomic E-state index is 13.7. The van der Waals surface area contributed by atoms with Crippen LogP contribution < -0.4 is 5.32 Å². The number of aliphatic hydroxyl groups excluding tert-OH is 2. The molecule has 1 aromatic carbocycles. The Morgan fingerprint density at radius 1 is 1.23 bits per heavy atom. The van der Waals surface area contributed by atoms with E-state index in [9.17, 15) is 19.4 Å². The number of hydrogen-bond acceptors (Lipinski definition) is 8. The van der Waals surface area contributed by atoms with Crippen LogP contribution >= 0.6 is 0 Å². The first-order chi connectivity index (χ1) is 16.6. The van der Waals surface area contributed by atoms with Gasteiger partial charge in [-0.15, -0.1) is 0 Å². The van der Waals surface area contributed by atoms with Gasteiger partial charge in [0.05, 0.1) is 24.3 Å². The van der Waals surface area contributed by atoms with Crippen molar-refractivity contribution < 1.29 is 24.5 Å². The summed E-state index contributed by atoms with van der Waals surface area (Å²) in [4.78, 5) is 15.6. The molecule has 10 nitrogen and oxygen atoms in total. The van der Waals surface area contributed by atoms with Crippen LogP contribution in [0.25, 0.3) is 17.2 Å². The summed E-state index contributed by atoms with van der Waals surface area (Å²) in [6, 6.07) is 6.07. The number of rotatable bonds is 10. The zero-order chi connectivity index (χ0) is 25.7. The molecule has 186 valence electrons. The van der Waals surface area contributed by atoms with Gasteiger partial charge in [0.25, 0.3) is 0 Å². The highest BCUT2D eigenvalue weighted by Gasteiger charge is 2.21. The lowest BCUT2D eigenvalue weighted by Crippen LogP contribution is -2.19. The summed E-state index contributed by atoms with van der Waals surface area (Å²) in [5.74, 6) is -0.613. The number of nitrogens with one attached hydrogen (secondary N) is 1. The van der Waals surface area contributed by atoms with Crippen molar-refractivity contribution in [1.82, 2.24) is 25.2 Å². The van der Waals surface area contributed by atoms with E-state index in [4.69, 9.17) is 10.1 Å². The summed E-state index contributed by atoms with van der Waals surface area (Å²) < 4.78 is 15.2. The van der Waals surface area contributed by atoms with E-state index in [0.29, 0.717) is 17.5 Å². The van der Waals surface area contributed by atoms with E-state index < -0.39 is 24.6 Å². The van der Waals surface area contributed by atoms with Gasteiger partial charge in [0.1, 0.15) is 11.6 Å². The molecule has 0 aliphatic heterocycles. The molecule has 0 amide bonds. The number of tetrazole rings is 1. The predicted molar refractivity (Wildman–Crippen MR) is 128 cm³/mol. The molecule has 3 rings (SSSR count). The molecule has 35 heavy (non-hydrogen) atoms. The van der Waals surface area contributed by atoms with Gasteiger partial charge < -0.3 is 20.6 Å². The van der Waals surface area contributed by atoms with Crippen LogP contribution in [0.1, 0.15) is 49.4 Å². The number of aromatic nitrogens is 5. The molecule has 2 heterocycles. The standard InChI is InChI=1S/C24H29FN6O4/c1-13(2)22-19(10-9-17(32)11-18(33)12-20(34)35)21(15-5-7-16(25)8-6-15)14(3)23(26-22)27-24-28-29-30-31(24)4/h5-10,13,17-18,32-33H,11-12H2,1-4H3,(H,34,35)(H,26,27,28,30)/b10-9+/t17-,18-/m1/s1. The zero-order valence-corrected chi connectivity index (χ0v) is 20.0. The zero-order valence-electron chi connectivity index (χ0n) is 20.0. The van der Waals surface area contributed by atoms with Gasteiger partial charge in [-0.3, -0.25) is 4.79 Å². The SMILES string of the molecule is Cc1c(Nc2nnnn2C)nc(C(C)C)c(/C=C/[C@@H](O)C[C@@H](O)CC(=O)O)c1-c1ccc(F)cc1. The van der Waals surface area contributed by atoms with Gasteiger partial charge in [-0.1, -0.05) is 43.2 Å². The number of aliphatic carboxylic acids is 1. The molecule has 2 atom stereocenters. The van der Waals surface area contributed by atoms with E-state index in [0.717, 1.165) is 22.3 Å². The highest BCUT2D eigenvalue weighted by molar-refractivity contribution is 5.83. The second kappa shape index (κ2) is 11.2. The molecule has 2 aromatic heterocycles. The summed E-state index contributed by atoms with van der Waals surface area (Å²) in [5, 5.41) is 43.7. The summed E-state index contributed by atoms with van der Waals surface area (Å²) in [5.41, 5.74) is 3.70. The minimum absolute atomic E-state index is 0.0256. The molecule has 0 radical (unpaired) electrons. The van der Waals surface area contributed by atoms with Crippen LogP contribution in [-0.4, -0.2) is 58.7 Å². The van der Waals surface area contributed by atoms with E-state index >= 15 is 0 Å². The van der Waals surface area contributed by atoms with Crippen molar-refractivity contribution in [2.24, 2.45) is 7.05 Å². The Labute approximate surface area is 202 Å². The molecule has 0 unspecified atom stereocenters. The molecule has 0 bridgehead atoms. The number of carbonyl (C=O) groups is 1. The molecular formula is C24H29FN6O4. The summed E-state index contributed by atoms with van der Waals surface area (Å²) >= 11 is 0. The topological polar surface area (TPSA) is 146 Å². The maximum Gasteiger partial charge on any atom is 0.305 e. The third-order valence-electron chi connectivity index (χ3n) is 5.45. The summed E-state index contributed by atoms with van der Waals surface area (Å²) in [6.07, 6.45) is 0.366. The van der Waals surface area contributed by atoms with Crippen LogP contribution in [0, 0.1) is 12.7 Å². The average molecular weight is 485 g/mol. The Morgan fingerprint density at radius 2 is 1.91 bits per heavy atom. The Morgan fingerprint density at radius 3 is 2.49 bits per heavy atom. The molecule has 0 saturated carbocycles. The lowest BCUT2D eigenvalue weighted by molar-refractivity contribution is -0.139. The molecule has 0 spiro atoms. The number of carboxylic acids is 1. The number of halogens is 1. The van der Waals surface area contributed by atoms with E-state index in [1.165, 1.54) is 22.9 Å². The Balaban J connectivity index is 2.11. The second-order valence-corrected chi connectivity index (χ2v) is 8.59. The highest BCUT2D eigenvalue weighted by atomic mass is 19.1. The van der Waals surface area contributed by atoms with Crippen molar-refractivity contribution in [3.63, 3.8) is 0 Å². The predicted octanol–water partition coefficient (Wildman–Crippen LogP) is 3.19. The number of nitrogens with zero attached hydrogens (tertiary/aromatic N) is 5. The summed E-state index contributed by atoms with van der Waals surface area (Å²) in [7, 11) is 1.69. The van der Waals surface area contributed by atoms with E-state index in [1.54, 1.807) is 25.3 Å². The molecule has 11 heteroatoms. The lowest BCUT2D eigenvalue weighted by Gasteiger charge is -2.21. The van der Waals surface area contributed by atoms with Crippen LogP contribution in [0.3, 0.4) is 0 Å². The number of benzene rings is 1. The van der Waals surface area contributed by atoms with Gasteiger partial charge in [0.15, 0.2) is 0 Å². The van der Waals surface area contributed by atoms with Crippen molar-refractivity contribution >= 4 is 23.8 Å². The normalized spacial score (nSPS) is 13.4. The van der Waals surface area contributed by atoms with Crippen molar-refractivity contribution in [2.75, 3.05) is 5.32 Å². The molecular weight excluding hydrogens is 455 g/mol. The van der Waals surface area contributed by atoms with Gasteiger partial charge >= 0.3 is 5.97 Å². The highest BCUT2D eigenvalue weighted by Crippen LogP contribution is 2.37. The fourth-order valence-electron chi connectivity index (χ4n) is 3.72. The van der Waals surface area contributed by atoms with E-state index in [1.807, 2.05) is 20.8 Å². The van der Waals surface area contributed by atoms with Crippen LogP contribution in [0.2, 0.25) is 0 Å². The fourth-order valence-corrected chi connectivity index (χ4v) is 3.72. The molecule has 0 aliphatic carbocycles. The Hall–Kier alpha value is -3.70. The Kier molecular flexibility index (Phi) is 8.26. The maximum atomic E-state index is 13.7. The molecule has 0 fully saturated rings. The number of carboxylic acid groups (broad SMARTS) is 1. The Bertz CT molecular complexity index is 1210. The average Bonchev–Trinajstić information content (AvgIpc) is 3.18. The van der Waals surface area contributed by atoms with Crippen LogP contribution in [0.15, 0.2) is 30.3 Å². The number of anilines is 2. The monoisotopic (exact) mass is 484 g/mol. The quantitative estimate of drug-likeness (QED) is 0.341. The van der Waals surface area contributed by atoms with Gasteiger partial charge in [-0.05, 0) is 46.5 Å². The minimum Gasteiger partial charge on any atom is -0.481 e.